The summed E-state index contributed by atoms with van der Waals surface area (Å²) in [7, 11) is -2.12. The second-order valence-electron chi connectivity index (χ2n) is 6.49. The zero-order valence-corrected chi connectivity index (χ0v) is 16.3. The third-order valence-corrected chi connectivity index (χ3v) is 5.90. The number of hydrogen-bond donors (Lipinski definition) is 2. The summed E-state index contributed by atoms with van der Waals surface area (Å²) in [4.78, 5) is 15.2. The van der Waals surface area contributed by atoms with E-state index in [4.69, 9.17) is 4.74 Å². The maximum atomic E-state index is 12.5. The molecule has 0 saturated carbocycles. The first kappa shape index (κ1) is 19.1. The highest BCUT2D eigenvalue weighted by Gasteiger charge is 2.15. The number of aromatic amines is 1. The average Bonchev–Trinajstić information content (AvgIpc) is 2.62. The highest BCUT2D eigenvalue weighted by atomic mass is 32.2. The highest BCUT2D eigenvalue weighted by molar-refractivity contribution is 7.89. The first-order chi connectivity index (χ1) is 12.8. The Morgan fingerprint density at radius 3 is 2.56 bits per heavy atom. The zero-order chi connectivity index (χ0) is 19.6. The minimum Gasteiger partial charge on any atom is -0.496 e. The zero-order valence-electron chi connectivity index (χ0n) is 15.5. The van der Waals surface area contributed by atoms with Crippen LogP contribution in [0, 0.1) is 13.8 Å². The molecule has 0 aliphatic heterocycles. The molecule has 0 saturated heterocycles. The minimum atomic E-state index is -3.66. The second kappa shape index (κ2) is 7.54. The van der Waals surface area contributed by atoms with E-state index in [-0.39, 0.29) is 17.0 Å². The summed E-state index contributed by atoms with van der Waals surface area (Å²) in [6.07, 6.45) is 0.299. The van der Waals surface area contributed by atoms with Crippen LogP contribution < -0.4 is 15.0 Å². The number of aryl methyl sites for hydroxylation is 2. The summed E-state index contributed by atoms with van der Waals surface area (Å²) in [6.45, 7) is 3.90. The van der Waals surface area contributed by atoms with Crippen LogP contribution in [-0.4, -0.2) is 27.1 Å². The van der Waals surface area contributed by atoms with Crippen molar-refractivity contribution in [2.24, 2.45) is 0 Å². The predicted molar refractivity (Wildman–Crippen MR) is 106 cm³/mol. The SMILES string of the molecule is COc1ccc(S(=O)(=O)NCCc2cc3cc(C)ccc3[nH]c2=O)cc1C. The lowest BCUT2D eigenvalue weighted by Crippen LogP contribution is -2.27. The van der Waals surface area contributed by atoms with Gasteiger partial charge in [-0.15, -0.1) is 0 Å². The Morgan fingerprint density at radius 1 is 1.07 bits per heavy atom. The number of nitrogens with one attached hydrogen (secondary N) is 2. The Hall–Kier alpha value is -2.64. The molecule has 3 aromatic rings. The van der Waals surface area contributed by atoms with Crippen LogP contribution in [0.15, 0.2) is 52.2 Å². The molecule has 1 heterocycles. The Balaban J connectivity index is 1.75. The lowest BCUT2D eigenvalue weighted by atomic mass is 10.1. The fraction of sp³-hybridized carbons (Fsp3) is 0.250. The molecule has 0 spiro atoms. The van der Waals surface area contributed by atoms with Gasteiger partial charge in [0.15, 0.2) is 0 Å². The molecule has 2 aromatic carbocycles. The molecule has 1 aromatic heterocycles. The Kier molecular flexibility index (Phi) is 5.34. The number of hydrogen-bond acceptors (Lipinski definition) is 4. The van der Waals surface area contributed by atoms with Gasteiger partial charge in [0, 0.05) is 17.6 Å². The first-order valence-electron chi connectivity index (χ1n) is 8.57. The van der Waals surface area contributed by atoms with Gasteiger partial charge in [0.2, 0.25) is 10.0 Å². The average molecular weight is 386 g/mol. The normalized spacial score (nSPS) is 11.7. The van der Waals surface area contributed by atoms with Crippen LogP contribution in [0.2, 0.25) is 0 Å². The third kappa shape index (κ3) is 4.20. The Labute approximate surface area is 158 Å². The van der Waals surface area contributed by atoms with Crippen molar-refractivity contribution >= 4 is 20.9 Å². The minimum absolute atomic E-state index is 0.133. The van der Waals surface area contributed by atoms with Crippen molar-refractivity contribution in [2.75, 3.05) is 13.7 Å². The standard InChI is InChI=1S/C20H22N2O4S/c1-13-4-6-18-16(10-13)12-15(20(23)22-18)8-9-21-27(24,25)17-5-7-19(26-3)14(2)11-17/h4-7,10-12,21H,8-9H2,1-3H3,(H,22,23). The molecule has 0 fully saturated rings. The van der Waals surface area contributed by atoms with Gasteiger partial charge >= 0.3 is 0 Å². The van der Waals surface area contributed by atoms with Crippen molar-refractivity contribution < 1.29 is 13.2 Å². The second-order valence-corrected chi connectivity index (χ2v) is 8.26. The largest absolute Gasteiger partial charge is 0.496 e. The molecule has 2 N–H and O–H groups in total. The van der Waals surface area contributed by atoms with Crippen LogP contribution >= 0.6 is 0 Å². The molecule has 0 aliphatic rings. The van der Waals surface area contributed by atoms with Gasteiger partial charge in [0.05, 0.1) is 12.0 Å². The topological polar surface area (TPSA) is 88.3 Å². The van der Waals surface area contributed by atoms with Crippen LogP contribution in [0.1, 0.15) is 16.7 Å². The maximum absolute atomic E-state index is 12.5. The lowest BCUT2D eigenvalue weighted by molar-refractivity contribution is 0.411. The summed E-state index contributed by atoms with van der Waals surface area (Å²) in [5, 5.41) is 0.929. The quantitative estimate of drug-likeness (QED) is 0.682. The summed E-state index contributed by atoms with van der Waals surface area (Å²) < 4.78 is 32.7. The van der Waals surface area contributed by atoms with Gasteiger partial charge in [-0.2, -0.15) is 0 Å². The van der Waals surface area contributed by atoms with Crippen molar-refractivity contribution in [3.63, 3.8) is 0 Å². The van der Waals surface area contributed by atoms with Crippen LogP contribution in [0.5, 0.6) is 5.75 Å². The summed E-state index contributed by atoms with van der Waals surface area (Å²) in [5.74, 6) is 0.631. The van der Waals surface area contributed by atoms with Crippen LogP contribution in [0.25, 0.3) is 10.9 Å². The number of sulfonamides is 1. The fourth-order valence-corrected chi connectivity index (χ4v) is 4.10. The van der Waals surface area contributed by atoms with E-state index < -0.39 is 10.0 Å². The van der Waals surface area contributed by atoms with E-state index in [1.807, 2.05) is 31.2 Å². The molecule has 0 amide bonds. The van der Waals surface area contributed by atoms with E-state index in [9.17, 15) is 13.2 Å². The van der Waals surface area contributed by atoms with Crippen molar-refractivity contribution in [3.05, 3.63) is 69.5 Å². The van der Waals surface area contributed by atoms with Crippen LogP contribution in [-0.2, 0) is 16.4 Å². The summed E-state index contributed by atoms with van der Waals surface area (Å²) in [6, 6.07) is 12.3. The molecule has 0 aliphatic carbocycles. The van der Waals surface area contributed by atoms with E-state index in [1.54, 1.807) is 19.1 Å². The number of rotatable bonds is 6. The Bertz CT molecular complexity index is 1150. The molecule has 0 atom stereocenters. The fourth-order valence-electron chi connectivity index (χ4n) is 2.98. The lowest BCUT2D eigenvalue weighted by Gasteiger charge is -2.10. The van der Waals surface area contributed by atoms with E-state index in [2.05, 4.69) is 9.71 Å². The number of H-pyrrole nitrogens is 1. The number of fused-ring (bicyclic) bond motifs is 1. The van der Waals surface area contributed by atoms with Gasteiger partial charge in [0.1, 0.15) is 5.75 Å². The van der Waals surface area contributed by atoms with Gasteiger partial charge < -0.3 is 9.72 Å². The van der Waals surface area contributed by atoms with Gasteiger partial charge in [-0.3, -0.25) is 4.79 Å². The molecular weight excluding hydrogens is 364 g/mol. The van der Waals surface area contributed by atoms with Gasteiger partial charge in [0.25, 0.3) is 5.56 Å². The van der Waals surface area contributed by atoms with Gasteiger partial charge in [-0.05, 0) is 67.6 Å². The van der Waals surface area contributed by atoms with Crippen molar-refractivity contribution in [2.45, 2.75) is 25.2 Å². The van der Waals surface area contributed by atoms with Crippen molar-refractivity contribution in [1.82, 2.24) is 9.71 Å². The Morgan fingerprint density at radius 2 is 1.85 bits per heavy atom. The number of benzene rings is 2. The molecule has 27 heavy (non-hydrogen) atoms. The molecule has 0 unspecified atom stereocenters. The smallest absolute Gasteiger partial charge is 0.251 e. The summed E-state index contributed by atoms with van der Waals surface area (Å²) >= 11 is 0. The molecule has 3 rings (SSSR count). The predicted octanol–water partition coefficient (Wildman–Crippen LogP) is 2.67. The van der Waals surface area contributed by atoms with Crippen molar-refractivity contribution in [1.29, 1.82) is 0 Å². The molecule has 0 bridgehead atoms. The van der Waals surface area contributed by atoms with Crippen LogP contribution in [0.4, 0.5) is 0 Å². The molecule has 6 nitrogen and oxygen atoms in total. The number of pyridine rings is 1. The van der Waals surface area contributed by atoms with Crippen LogP contribution in [0.3, 0.4) is 0 Å². The van der Waals surface area contributed by atoms with E-state index in [0.717, 1.165) is 22.0 Å². The van der Waals surface area contributed by atoms with E-state index in [0.29, 0.717) is 17.7 Å². The van der Waals surface area contributed by atoms with E-state index in [1.165, 1.54) is 13.2 Å². The summed E-state index contributed by atoms with van der Waals surface area (Å²) in [5.41, 5.74) is 2.94. The monoisotopic (exact) mass is 386 g/mol. The maximum Gasteiger partial charge on any atom is 0.251 e. The van der Waals surface area contributed by atoms with E-state index >= 15 is 0 Å². The van der Waals surface area contributed by atoms with Crippen molar-refractivity contribution in [3.8, 4) is 5.75 Å². The number of methoxy groups -OCH3 is 1. The number of ether oxygens (including phenoxy) is 1. The molecule has 0 radical (unpaired) electrons. The molecule has 7 heteroatoms. The van der Waals surface area contributed by atoms with Gasteiger partial charge in [-0.25, -0.2) is 13.1 Å². The highest BCUT2D eigenvalue weighted by Crippen LogP contribution is 2.21. The first-order valence-corrected chi connectivity index (χ1v) is 10.1. The molecular formula is C20H22N2O4S. The molecule has 142 valence electrons. The number of aromatic nitrogens is 1. The third-order valence-electron chi connectivity index (χ3n) is 4.44. The van der Waals surface area contributed by atoms with Gasteiger partial charge in [-0.1, -0.05) is 11.6 Å².